The van der Waals surface area contributed by atoms with Crippen molar-refractivity contribution in [2.45, 2.75) is 36.6 Å². The summed E-state index contributed by atoms with van der Waals surface area (Å²) < 4.78 is 26.9. The molecule has 0 bridgehead atoms. The van der Waals surface area contributed by atoms with E-state index in [1.807, 2.05) is 0 Å². The predicted octanol–water partition coefficient (Wildman–Crippen LogP) is 3.18. The Labute approximate surface area is 148 Å². The highest BCUT2D eigenvalue weighted by Gasteiger charge is 2.26. The number of para-hydroxylation sites is 1. The first-order chi connectivity index (χ1) is 12.0. The molecule has 1 aliphatic carbocycles. The molecule has 0 atom stereocenters. The second kappa shape index (κ2) is 7.27. The normalized spacial score (nSPS) is 15.1. The fourth-order valence-electron chi connectivity index (χ4n) is 3.15. The number of nitrogens with zero attached hydrogens (tertiary/aromatic N) is 1. The molecule has 25 heavy (non-hydrogen) atoms. The highest BCUT2D eigenvalue weighted by molar-refractivity contribution is 7.92. The number of carbonyl (C=O) groups is 1. The molecular weight excluding hydrogens is 336 g/mol. The van der Waals surface area contributed by atoms with Crippen LogP contribution in [0.2, 0.25) is 0 Å². The summed E-state index contributed by atoms with van der Waals surface area (Å²) in [5, 5.41) is 3.02. The van der Waals surface area contributed by atoms with E-state index in [0.29, 0.717) is 11.3 Å². The summed E-state index contributed by atoms with van der Waals surface area (Å²) in [5.41, 5.74) is 0.748. The van der Waals surface area contributed by atoms with E-state index in [1.54, 1.807) is 54.6 Å². The Morgan fingerprint density at radius 3 is 2.28 bits per heavy atom. The first-order valence-electron chi connectivity index (χ1n) is 8.44. The zero-order valence-electron chi connectivity index (χ0n) is 14.2. The average molecular weight is 358 g/mol. The minimum atomic E-state index is -3.72. The van der Waals surface area contributed by atoms with Crippen molar-refractivity contribution in [3.8, 4) is 0 Å². The van der Waals surface area contributed by atoms with E-state index in [-0.39, 0.29) is 16.8 Å². The average Bonchev–Trinajstić information content (AvgIpc) is 3.14. The number of amides is 1. The molecule has 1 aliphatic rings. The Balaban J connectivity index is 1.90. The molecule has 0 unspecified atom stereocenters. The Hall–Kier alpha value is -2.34. The fourth-order valence-corrected chi connectivity index (χ4v) is 4.39. The van der Waals surface area contributed by atoms with E-state index < -0.39 is 10.0 Å². The summed E-state index contributed by atoms with van der Waals surface area (Å²) in [7, 11) is -2.25. The van der Waals surface area contributed by atoms with Gasteiger partial charge in [-0.25, -0.2) is 8.42 Å². The van der Waals surface area contributed by atoms with E-state index in [9.17, 15) is 13.2 Å². The Kier molecular flexibility index (Phi) is 5.08. The molecule has 0 heterocycles. The largest absolute Gasteiger partial charge is 0.349 e. The second-order valence-electron chi connectivity index (χ2n) is 6.26. The van der Waals surface area contributed by atoms with Gasteiger partial charge in [-0.05, 0) is 37.1 Å². The van der Waals surface area contributed by atoms with Crippen molar-refractivity contribution in [1.29, 1.82) is 0 Å². The third kappa shape index (κ3) is 3.69. The Morgan fingerprint density at radius 1 is 1.00 bits per heavy atom. The molecule has 1 amide bonds. The molecule has 1 saturated carbocycles. The van der Waals surface area contributed by atoms with Gasteiger partial charge in [0.25, 0.3) is 15.9 Å². The molecular formula is C19H22N2O3S. The molecule has 3 rings (SSSR count). The van der Waals surface area contributed by atoms with E-state index >= 15 is 0 Å². The van der Waals surface area contributed by atoms with Gasteiger partial charge in [0, 0.05) is 13.1 Å². The molecule has 2 aromatic carbocycles. The van der Waals surface area contributed by atoms with Gasteiger partial charge in [0.05, 0.1) is 16.1 Å². The lowest BCUT2D eigenvalue weighted by atomic mass is 10.1. The summed E-state index contributed by atoms with van der Waals surface area (Å²) in [6.45, 7) is 0. The number of rotatable bonds is 5. The van der Waals surface area contributed by atoms with Crippen molar-refractivity contribution < 1.29 is 13.2 Å². The Morgan fingerprint density at radius 2 is 1.60 bits per heavy atom. The number of hydrogen-bond acceptors (Lipinski definition) is 3. The summed E-state index contributed by atoms with van der Waals surface area (Å²) in [6, 6.07) is 15.2. The number of benzene rings is 2. The monoisotopic (exact) mass is 358 g/mol. The molecule has 0 spiro atoms. The molecule has 5 nitrogen and oxygen atoms in total. The highest BCUT2D eigenvalue weighted by atomic mass is 32.2. The van der Waals surface area contributed by atoms with E-state index in [1.165, 1.54) is 11.4 Å². The molecule has 132 valence electrons. The van der Waals surface area contributed by atoms with E-state index in [4.69, 9.17) is 0 Å². The molecule has 0 radical (unpaired) electrons. The number of nitrogens with one attached hydrogen (secondary N) is 1. The first-order valence-corrected chi connectivity index (χ1v) is 9.88. The maximum absolute atomic E-state index is 12.8. The van der Waals surface area contributed by atoms with Gasteiger partial charge in [0.15, 0.2) is 0 Å². The molecule has 1 fully saturated rings. The lowest BCUT2D eigenvalue weighted by Crippen LogP contribution is -2.35. The van der Waals surface area contributed by atoms with Crippen molar-refractivity contribution in [1.82, 2.24) is 5.32 Å². The predicted molar refractivity (Wildman–Crippen MR) is 98.2 cm³/mol. The number of hydrogen-bond donors (Lipinski definition) is 1. The smallest absolute Gasteiger partial charge is 0.264 e. The van der Waals surface area contributed by atoms with E-state index in [2.05, 4.69) is 5.32 Å². The van der Waals surface area contributed by atoms with Crippen LogP contribution in [0.3, 0.4) is 0 Å². The third-order valence-electron chi connectivity index (χ3n) is 4.58. The van der Waals surface area contributed by atoms with Crippen molar-refractivity contribution >= 4 is 21.6 Å². The minimum absolute atomic E-state index is 0.177. The SMILES string of the molecule is CN(c1ccccc1C(=O)NC1CCCC1)S(=O)(=O)c1ccccc1. The van der Waals surface area contributed by atoms with Crippen LogP contribution < -0.4 is 9.62 Å². The van der Waals surface area contributed by atoms with Gasteiger partial charge in [-0.3, -0.25) is 9.10 Å². The van der Waals surface area contributed by atoms with E-state index in [0.717, 1.165) is 25.7 Å². The van der Waals surface area contributed by atoms with Crippen molar-refractivity contribution in [2.75, 3.05) is 11.4 Å². The van der Waals surface area contributed by atoms with Gasteiger partial charge in [-0.1, -0.05) is 43.2 Å². The van der Waals surface area contributed by atoms with Crippen LogP contribution in [0.4, 0.5) is 5.69 Å². The highest BCUT2D eigenvalue weighted by Crippen LogP contribution is 2.26. The summed E-state index contributed by atoms with van der Waals surface area (Å²) in [5.74, 6) is -0.224. The standard InChI is InChI=1S/C19H22N2O3S/c1-21(25(23,24)16-11-3-2-4-12-16)18-14-8-7-13-17(18)19(22)20-15-9-5-6-10-15/h2-4,7-8,11-15H,5-6,9-10H2,1H3,(H,20,22). The topological polar surface area (TPSA) is 66.5 Å². The number of sulfonamides is 1. The maximum atomic E-state index is 12.8. The van der Waals surface area contributed by atoms with Gasteiger partial charge < -0.3 is 5.32 Å². The van der Waals surface area contributed by atoms with Gasteiger partial charge >= 0.3 is 0 Å². The zero-order valence-corrected chi connectivity index (χ0v) is 15.0. The molecule has 0 aromatic heterocycles. The molecule has 0 aliphatic heterocycles. The summed E-state index contributed by atoms with van der Waals surface area (Å²) >= 11 is 0. The minimum Gasteiger partial charge on any atom is -0.349 e. The van der Waals surface area contributed by atoms with Crippen LogP contribution in [-0.4, -0.2) is 27.4 Å². The molecule has 0 saturated heterocycles. The van der Waals surface area contributed by atoms with Crippen molar-refractivity contribution in [2.24, 2.45) is 0 Å². The fraction of sp³-hybridized carbons (Fsp3) is 0.316. The van der Waals surface area contributed by atoms with Gasteiger partial charge in [0.1, 0.15) is 0 Å². The van der Waals surface area contributed by atoms with Crippen LogP contribution >= 0.6 is 0 Å². The zero-order chi connectivity index (χ0) is 17.9. The summed E-state index contributed by atoms with van der Waals surface area (Å²) in [4.78, 5) is 12.9. The number of anilines is 1. The second-order valence-corrected chi connectivity index (χ2v) is 8.23. The van der Waals surface area contributed by atoms with Gasteiger partial charge in [0.2, 0.25) is 0 Å². The lowest BCUT2D eigenvalue weighted by Gasteiger charge is -2.22. The molecule has 6 heteroatoms. The number of carbonyl (C=O) groups excluding carboxylic acids is 1. The van der Waals surface area contributed by atoms with Crippen LogP contribution in [-0.2, 0) is 10.0 Å². The van der Waals surface area contributed by atoms with Crippen molar-refractivity contribution in [3.63, 3.8) is 0 Å². The van der Waals surface area contributed by atoms with Crippen LogP contribution in [0, 0.1) is 0 Å². The van der Waals surface area contributed by atoms with Crippen molar-refractivity contribution in [3.05, 3.63) is 60.2 Å². The quantitative estimate of drug-likeness (QED) is 0.893. The first kappa shape index (κ1) is 17.5. The van der Waals surface area contributed by atoms with Crippen LogP contribution in [0.15, 0.2) is 59.5 Å². The van der Waals surface area contributed by atoms with Gasteiger partial charge in [-0.15, -0.1) is 0 Å². The molecule has 2 aromatic rings. The van der Waals surface area contributed by atoms with Gasteiger partial charge in [-0.2, -0.15) is 0 Å². The maximum Gasteiger partial charge on any atom is 0.264 e. The summed E-state index contributed by atoms with van der Waals surface area (Å²) in [6.07, 6.45) is 4.20. The lowest BCUT2D eigenvalue weighted by molar-refractivity contribution is 0.0938. The third-order valence-corrected chi connectivity index (χ3v) is 6.37. The molecule has 1 N–H and O–H groups in total. The van der Waals surface area contributed by atoms with Crippen LogP contribution in [0.1, 0.15) is 36.0 Å². The Bertz CT molecular complexity index is 844. The van der Waals surface area contributed by atoms with Crippen LogP contribution in [0.25, 0.3) is 0 Å². The van der Waals surface area contributed by atoms with Crippen LogP contribution in [0.5, 0.6) is 0 Å².